The van der Waals surface area contributed by atoms with Gasteiger partial charge in [0.15, 0.2) is 0 Å². The van der Waals surface area contributed by atoms with Gasteiger partial charge in [-0.15, -0.1) is 22.7 Å². The van der Waals surface area contributed by atoms with Crippen molar-refractivity contribution in [3.63, 3.8) is 0 Å². The molecule has 0 fully saturated rings. The van der Waals surface area contributed by atoms with Crippen molar-refractivity contribution in [1.29, 1.82) is 10.5 Å². The molecule has 2 nitrogen and oxygen atoms in total. The van der Waals surface area contributed by atoms with E-state index >= 15 is 0 Å². The predicted octanol–water partition coefficient (Wildman–Crippen LogP) is 7.69. The molecule has 6 heteroatoms. The van der Waals surface area contributed by atoms with Crippen LogP contribution < -0.4 is 0 Å². The summed E-state index contributed by atoms with van der Waals surface area (Å²) in [6.07, 6.45) is 0. The van der Waals surface area contributed by atoms with Crippen molar-refractivity contribution < 1.29 is 0 Å². The van der Waals surface area contributed by atoms with Gasteiger partial charge >= 0.3 is 0 Å². The number of hydrogen-bond donors (Lipinski definition) is 0. The number of nitriles is 2. The summed E-state index contributed by atoms with van der Waals surface area (Å²) < 4.78 is 0. The van der Waals surface area contributed by atoms with Crippen LogP contribution in [0.3, 0.4) is 0 Å². The lowest BCUT2D eigenvalue weighted by Crippen LogP contribution is -1.80. The first-order valence-electron chi connectivity index (χ1n) is 8.30. The molecule has 4 rings (SSSR count). The van der Waals surface area contributed by atoms with Crippen LogP contribution >= 0.6 is 44.3 Å². The van der Waals surface area contributed by atoms with E-state index in [4.69, 9.17) is 0 Å². The zero-order chi connectivity index (χ0) is 19.3. The highest BCUT2D eigenvalue weighted by Gasteiger charge is 2.19. The van der Waals surface area contributed by atoms with E-state index in [1.807, 2.05) is 47.2 Å². The summed E-state index contributed by atoms with van der Waals surface area (Å²) in [4.78, 5) is 4.09. The van der Waals surface area contributed by atoms with Crippen LogP contribution in [0.5, 0.6) is 0 Å². The average Bonchev–Trinajstić information content (AvgIpc) is 3.36. The van der Waals surface area contributed by atoms with Crippen molar-refractivity contribution >= 4 is 44.3 Å². The van der Waals surface area contributed by atoms with Gasteiger partial charge in [0.2, 0.25) is 0 Å². The number of nitrogens with zero attached hydrogens (tertiary/aromatic N) is 2. The largest absolute Gasteiger partial charge is 0.192 e. The van der Waals surface area contributed by atoms with Crippen molar-refractivity contribution in [3.8, 4) is 33.0 Å². The summed E-state index contributed by atoms with van der Waals surface area (Å²) in [5, 5.41) is 22.9. The molecular formula is C22H12N2S4. The van der Waals surface area contributed by atoms with Crippen molar-refractivity contribution in [2.75, 3.05) is 0 Å². The van der Waals surface area contributed by atoms with Crippen molar-refractivity contribution in [2.45, 2.75) is 9.79 Å². The van der Waals surface area contributed by atoms with Gasteiger partial charge in [-0.1, -0.05) is 60.7 Å². The Bertz CT molecular complexity index is 1080. The van der Waals surface area contributed by atoms with Gasteiger partial charge < -0.3 is 0 Å². The van der Waals surface area contributed by atoms with Crippen molar-refractivity contribution in [3.05, 3.63) is 82.6 Å². The van der Waals surface area contributed by atoms with Crippen molar-refractivity contribution in [1.82, 2.24) is 0 Å². The van der Waals surface area contributed by atoms with Gasteiger partial charge in [0.05, 0.1) is 30.7 Å². The third-order valence-corrected chi connectivity index (χ3v) is 8.84. The number of benzene rings is 2. The smallest absolute Gasteiger partial charge is 0.101 e. The maximum atomic E-state index is 9.55. The van der Waals surface area contributed by atoms with Gasteiger partial charge in [0.1, 0.15) is 12.1 Å². The Balaban J connectivity index is 1.70. The maximum absolute atomic E-state index is 9.55. The molecule has 2 heterocycles. The lowest BCUT2D eigenvalue weighted by Gasteiger charge is -2.06. The minimum atomic E-state index is 0.677. The highest BCUT2D eigenvalue weighted by Crippen LogP contribution is 2.51. The van der Waals surface area contributed by atoms with E-state index in [0.717, 1.165) is 30.7 Å². The Morgan fingerprint density at radius 3 is 1.36 bits per heavy atom. The number of thiophene rings is 2. The van der Waals surface area contributed by atoms with Crippen molar-refractivity contribution in [2.24, 2.45) is 0 Å². The highest BCUT2D eigenvalue weighted by molar-refractivity contribution is 8.76. The topological polar surface area (TPSA) is 47.6 Å². The first-order chi connectivity index (χ1) is 13.8. The summed E-state index contributed by atoms with van der Waals surface area (Å²) in [5.41, 5.74) is 3.56. The van der Waals surface area contributed by atoms with E-state index in [1.165, 1.54) is 0 Å². The van der Waals surface area contributed by atoms with Gasteiger partial charge in [-0.3, -0.25) is 0 Å². The zero-order valence-corrected chi connectivity index (χ0v) is 17.7. The van der Waals surface area contributed by atoms with E-state index in [9.17, 15) is 10.5 Å². The summed E-state index contributed by atoms with van der Waals surface area (Å²) in [5.74, 6) is 0. The molecule has 28 heavy (non-hydrogen) atoms. The average molecular weight is 433 g/mol. The Morgan fingerprint density at radius 2 is 1.00 bits per heavy atom. The molecule has 0 saturated heterocycles. The van der Waals surface area contributed by atoms with E-state index in [0.29, 0.717) is 11.1 Å². The molecule has 0 bridgehead atoms. The fourth-order valence-electron chi connectivity index (χ4n) is 2.67. The lowest BCUT2D eigenvalue weighted by atomic mass is 10.2. The molecule has 0 saturated carbocycles. The minimum absolute atomic E-state index is 0.677. The van der Waals surface area contributed by atoms with Crippen LogP contribution in [0, 0.1) is 22.7 Å². The lowest BCUT2D eigenvalue weighted by molar-refractivity contribution is 1.43. The molecule has 0 aliphatic rings. The van der Waals surface area contributed by atoms with Crippen LogP contribution in [0.15, 0.2) is 81.2 Å². The summed E-state index contributed by atoms with van der Waals surface area (Å²) in [6, 6.07) is 24.8. The van der Waals surface area contributed by atoms with E-state index < -0.39 is 0 Å². The molecule has 0 N–H and O–H groups in total. The summed E-state index contributed by atoms with van der Waals surface area (Å²) in [7, 11) is 3.11. The monoisotopic (exact) mass is 432 g/mol. The quantitative estimate of drug-likeness (QED) is 0.303. The molecule has 4 aromatic rings. The van der Waals surface area contributed by atoms with Crippen LogP contribution in [0.2, 0.25) is 0 Å². The van der Waals surface area contributed by atoms with E-state index in [1.54, 1.807) is 44.3 Å². The molecule has 0 spiro atoms. The molecule has 2 aromatic carbocycles. The van der Waals surface area contributed by atoms with E-state index in [-0.39, 0.29) is 0 Å². The molecule has 0 aliphatic heterocycles. The molecule has 0 aliphatic carbocycles. The molecule has 0 atom stereocenters. The summed E-state index contributed by atoms with van der Waals surface area (Å²) in [6.45, 7) is 0. The molecular weight excluding hydrogens is 421 g/mol. The van der Waals surface area contributed by atoms with Gasteiger partial charge in [-0.05, 0) is 32.7 Å². The van der Waals surface area contributed by atoms with Gasteiger partial charge in [-0.25, -0.2) is 0 Å². The summed E-state index contributed by atoms with van der Waals surface area (Å²) >= 11 is 3.17. The number of rotatable bonds is 5. The van der Waals surface area contributed by atoms with Gasteiger partial charge in [0.25, 0.3) is 0 Å². The first-order valence-corrected chi connectivity index (χ1v) is 12.2. The second kappa shape index (κ2) is 8.68. The van der Waals surface area contributed by atoms with Gasteiger partial charge in [0, 0.05) is 10.8 Å². The molecule has 134 valence electrons. The van der Waals surface area contributed by atoms with Crippen LogP contribution in [-0.4, -0.2) is 0 Å². The zero-order valence-electron chi connectivity index (χ0n) is 14.5. The Hall–Kier alpha value is -2.48. The SMILES string of the molecule is N#Cc1csc(-c2ccccc2)c1SSc1c(C#N)csc1-c1ccccc1. The normalized spacial score (nSPS) is 10.4. The fourth-order valence-corrected chi connectivity index (χ4v) is 7.95. The molecule has 2 aromatic heterocycles. The highest BCUT2D eigenvalue weighted by atomic mass is 33.1. The standard InChI is InChI=1S/C22H12N2S4/c23-11-17-13-25-19(15-7-3-1-4-8-15)21(17)27-28-22-18(12-24)14-26-20(22)16-9-5-2-6-10-16/h1-10,13-14H. The second-order valence-corrected chi connectivity index (χ2v) is 9.65. The third kappa shape index (κ3) is 3.73. The molecule has 0 amide bonds. The second-order valence-electron chi connectivity index (χ2n) is 5.74. The Labute approximate surface area is 179 Å². The first kappa shape index (κ1) is 18.9. The maximum Gasteiger partial charge on any atom is 0.101 e. The fraction of sp³-hybridized carbons (Fsp3) is 0. The Morgan fingerprint density at radius 1 is 0.607 bits per heavy atom. The third-order valence-electron chi connectivity index (χ3n) is 4.01. The molecule has 0 radical (unpaired) electrons. The molecule has 0 unspecified atom stereocenters. The Kier molecular flexibility index (Phi) is 5.85. The van der Waals surface area contributed by atoms with Crippen LogP contribution in [-0.2, 0) is 0 Å². The van der Waals surface area contributed by atoms with Crippen LogP contribution in [0.4, 0.5) is 0 Å². The minimum Gasteiger partial charge on any atom is -0.192 e. The predicted molar refractivity (Wildman–Crippen MR) is 121 cm³/mol. The van der Waals surface area contributed by atoms with E-state index in [2.05, 4.69) is 36.4 Å². The van der Waals surface area contributed by atoms with Crippen LogP contribution in [0.1, 0.15) is 11.1 Å². The van der Waals surface area contributed by atoms with Gasteiger partial charge in [-0.2, -0.15) is 10.5 Å². The van der Waals surface area contributed by atoms with Crippen LogP contribution in [0.25, 0.3) is 20.9 Å². The number of hydrogen-bond acceptors (Lipinski definition) is 6.